The van der Waals surface area contributed by atoms with Gasteiger partial charge >= 0.3 is 0 Å². The standard InChI is InChI=1S/C25H33Cl2N3O4S/c1-5-14-28-25(32)19(3)29(17-20-9-6-10-21(26)16-20)24(31)13-8-15-30(35(4,33)34)23-12-7-11-22(27)18(23)2/h6-7,9-12,16,19H,5,8,13-15,17H2,1-4H3,(H,28,32). The largest absolute Gasteiger partial charge is 0.354 e. The summed E-state index contributed by atoms with van der Waals surface area (Å²) in [6.45, 7) is 6.23. The molecule has 1 unspecified atom stereocenters. The van der Waals surface area contributed by atoms with E-state index in [1.54, 1.807) is 50.2 Å². The highest BCUT2D eigenvalue weighted by atomic mass is 35.5. The van der Waals surface area contributed by atoms with Crippen molar-refractivity contribution in [2.75, 3.05) is 23.7 Å². The molecule has 1 N–H and O–H groups in total. The molecule has 1 atom stereocenters. The first-order valence-electron chi connectivity index (χ1n) is 11.5. The van der Waals surface area contributed by atoms with Crippen LogP contribution in [0.1, 0.15) is 44.2 Å². The molecule has 0 saturated carbocycles. The third kappa shape index (κ3) is 8.40. The van der Waals surface area contributed by atoms with Gasteiger partial charge in [-0.2, -0.15) is 0 Å². The Bertz CT molecular complexity index is 1140. The molecule has 0 spiro atoms. The molecule has 0 heterocycles. The maximum Gasteiger partial charge on any atom is 0.242 e. The monoisotopic (exact) mass is 541 g/mol. The lowest BCUT2D eigenvalue weighted by molar-refractivity contribution is -0.140. The molecular weight excluding hydrogens is 509 g/mol. The number of amides is 2. The van der Waals surface area contributed by atoms with E-state index in [-0.39, 0.29) is 37.7 Å². The Balaban J connectivity index is 2.19. The van der Waals surface area contributed by atoms with Gasteiger partial charge in [0.1, 0.15) is 6.04 Å². The molecule has 35 heavy (non-hydrogen) atoms. The van der Waals surface area contributed by atoms with Gasteiger partial charge in [0.05, 0.1) is 11.9 Å². The molecule has 2 aromatic rings. The molecule has 2 rings (SSSR count). The number of nitrogens with one attached hydrogen (secondary N) is 1. The summed E-state index contributed by atoms with van der Waals surface area (Å²) in [7, 11) is -3.60. The van der Waals surface area contributed by atoms with Crippen molar-refractivity contribution in [3.05, 3.63) is 63.6 Å². The minimum Gasteiger partial charge on any atom is -0.354 e. The summed E-state index contributed by atoms with van der Waals surface area (Å²) in [6.07, 6.45) is 2.25. The summed E-state index contributed by atoms with van der Waals surface area (Å²) in [6, 6.07) is 11.5. The summed E-state index contributed by atoms with van der Waals surface area (Å²) in [4.78, 5) is 27.4. The second kappa shape index (κ2) is 13.1. The molecule has 2 aromatic carbocycles. The molecule has 7 nitrogen and oxygen atoms in total. The van der Waals surface area contributed by atoms with Crippen molar-refractivity contribution in [2.24, 2.45) is 0 Å². The van der Waals surface area contributed by atoms with E-state index in [4.69, 9.17) is 23.2 Å². The van der Waals surface area contributed by atoms with E-state index in [2.05, 4.69) is 5.32 Å². The van der Waals surface area contributed by atoms with E-state index in [9.17, 15) is 18.0 Å². The van der Waals surface area contributed by atoms with E-state index in [1.807, 2.05) is 13.0 Å². The highest BCUT2D eigenvalue weighted by molar-refractivity contribution is 7.92. The third-order valence-corrected chi connectivity index (χ3v) is 7.44. The van der Waals surface area contributed by atoms with Crippen LogP contribution in [-0.2, 0) is 26.2 Å². The molecule has 10 heteroatoms. The summed E-state index contributed by atoms with van der Waals surface area (Å²) in [5, 5.41) is 3.84. The van der Waals surface area contributed by atoms with Crippen molar-refractivity contribution >= 4 is 50.7 Å². The molecule has 0 bridgehead atoms. The van der Waals surface area contributed by atoms with E-state index >= 15 is 0 Å². The van der Waals surface area contributed by atoms with Crippen LogP contribution in [0.15, 0.2) is 42.5 Å². The highest BCUT2D eigenvalue weighted by Crippen LogP contribution is 2.28. The number of carbonyl (C=O) groups is 2. The second-order valence-electron chi connectivity index (χ2n) is 8.44. The number of sulfonamides is 1. The van der Waals surface area contributed by atoms with E-state index in [0.29, 0.717) is 27.8 Å². The average molecular weight is 543 g/mol. The van der Waals surface area contributed by atoms with Gasteiger partial charge in [-0.05, 0) is 62.1 Å². The summed E-state index contributed by atoms with van der Waals surface area (Å²) < 4.78 is 26.3. The van der Waals surface area contributed by atoms with Crippen LogP contribution in [0.3, 0.4) is 0 Å². The van der Waals surface area contributed by atoms with E-state index in [0.717, 1.165) is 18.2 Å². The molecular formula is C25H33Cl2N3O4S. The average Bonchev–Trinajstić information content (AvgIpc) is 2.79. The summed E-state index contributed by atoms with van der Waals surface area (Å²) >= 11 is 12.3. The zero-order valence-corrected chi connectivity index (χ0v) is 22.9. The number of rotatable bonds is 12. The summed E-state index contributed by atoms with van der Waals surface area (Å²) in [5.41, 5.74) is 1.93. The first-order chi connectivity index (χ1) is 16.5. The second-order valence-corrected chi connectivity index (χ2v) is 11.2. The predicted molar refractivity (Wildman–Crippen MR) is 142 cm³/mol. The Morgan fingerprint density at radius 2 is 1.80 bits per heavy atom. The van der Waals surface area contributed by atoms with Gasteiger partial charge in [0, 0.05) is 36.1 Å². The van der Waals surface area contributed by atoms with Crippen LogP contribution in [0.25, 0.3) is 0 Å². The first-order valence-corrected chi connectivity index (χ1v) is 14.1. The smallest absolute Gasteiger partial charge is 0.242 e. The molecule has 0 aliphatic carbocycles. The van der Waals surface area contributed by atoms with Gasteiger partial charge < -0.3 is 10.2 Å². The van der Waals surface area contributed by atoms with Crippen LogP contribution in [0.4, 0.5) is 5.69 Å². The van der Waals surface area contributed by atoms with Crippen LogP contribution in [-0.4, -0.2) is 50.5 Å². The first kappa shape index (κ1) is 28.9. The number of hydrogen-bond donors (Lipinski definition) is 1. The highest BCUT2D eigenvalue weighted by Gasteiger charge is 2.27. The normalized spacial score (nSPS) is 12.2. The number of hydrogen-bond acceptors (Lipinski definition) is 4. The molecule has 0 saturated heterocycles. The fourth-order valence-electron chi connectivity index (χ4n) is 3.66. The van der Waals surface area contributed by atoms with Crippen LogP contribution < -0.4 is 9.62 Å². The van der Waals surface area contributed by atoms with Gasteiger partial charge in [-0.25, -0.2) is 8.42 Å². The van der Waals surface area contributed by atoms with Crippen LogP contribution in [0, 0.1) is 6.92 Å². The van der Waals surface area contributed by atoms with E-state index < -0.39 is 16.1 Å². The van der Waals surface area contributed by atoms with Crippen molar-refractivity contribution in [3.63, 3.8) is 0 Å². The maximum atomic E-state index is 13.3. The van der Waals surface area contributed by atoms with Crippen LogP contribution >= 0.6 is 23.2 Å². The Hall–Kier alpha value is -2.29. The molecule has 0 aliphatic rings. The summed E-state index contributed by atoms with van der Waals surface area (Å²) in [5.74, 6) is -0.491. The number of halogens is 2. The Labute approximate surface area is 218 Å². The van der Waals surface area contributed by atoms with E-state index in [1.165, 1.54) is 9.21 Å². The topological polar surface area (TPSA) is 86.8 Å². The molecule has 0 fully saturated rings. The number of benzene rings is 2. The SMILES string of the molecule is CCCNC(=O)C(C)N(Cc1cccc(Cl)c1)C(=O)CCCN(c1cccc(Cl)c1C)S(C)(=O)=O. The molecule has 0 radical (unpaired) electrons. The van der Waals surface area contributed by atoms with Crippen molar-refractivity contribution in [1.82, 2.24) is 10.2 Å². The number of anilines is 1. The van der Waals surface area contributed by atoms with Crippen LogP contribution in [0.5, 0.6) is 0 Å². The number of nitrogens with zero attached hydrogens (tertiary/aromatic N) is 2. The molecule has 192 valence electrons. The Kier molecular flexibility index (Phi) is 10.9. The van der Waals surface area contributed by atoms with Gasteiger partial charge in [-0.3, -0.25) is 13.9 Å². The lowest BCUT2D eigenvalue weighted by Crippen LogP contribution is -2.47. The van der Waals surface area contributed by atoms with Crippen molar-refractivity contribution in [3.8, 4) is 0 Å². The van der Waals surface area contributed by atoms with Gasteiger partial charge in [-0.1, -0.05) is 48.3 Å². The lowest BCUT2D eigenvalue weighted by atomic mass is 10.1. The van der Waals surface area contributed by atoms with Gasteiger partial charge in [0.2, 0.25) is 21.8 Å². The zero-order valence-electron chi connectivity index (χ0n) is 20.6. The molecule has 2 amide bonds. The fraction of sp³-hybridized carbons (Fsp3) is 0.440. The third-order valence-electron chi connectivity index (χ3n) is 5.62. The number of carbonyl (C=O) groups excluding carboxylic acids is 2. The van der Waals surface area contributed by atoms with Crippen molar-refractivity contribution in [1.29, 1.82) is 0 Å². The Morgan fingerprint density at radius 1 is 1.11 bits per heavy atom. The molecule has 0 aliphatic heterocycles. The Morgan fingerprint density at radius 3 is 2.43 bits per heavy atom. The lowest BCUT2D eigenvalue weighted by Gasteiger charge is -2.29. The maximum absolute atomic E-state index is 13.3. The quantitative estimate of drug-likeness (QED) is 0.418. The van der Waals surface area contributed by atoms with Crippen LogP contribution in [0.2, 0.25) is 10.0 Å². The van der Waals surface area contributed by atoms with Crippen molar-refractivity contribution < 1.29 is 18.0 Å². The van der Waals surface area contributed by atoms with Crippen molar-refractivity contribution in [2.45, 2.75) is 52.6 Å². The molecule has 0 aromatic heterocycles. The fourth-order valence-corrected chi connectivity index (χ4v) is 5.06. The predicted octanol–water partition coefficient (Wildman–Crippen LogP) is 4.79. The minimum atomic E-state index is -3.60. The van der Waals surface area contributed by atoms with Gasteiger partial charge in [0.25, 0.3) is 0 Å². The van der Waals surface area contributed by atoms with Gasteiger partial charge in [-0.15, -0.1) is 0 Å². The van der Waals surface area contributed by atoms with Gasteiger partial charge in [0.15, 0.2) is 0 Å². The zero-order chi connectivity index (χ0) is 26.2. The minimum absolute atomic E-state index is 0.0671.